The summed E-state index contributed by atoms with van der Waals surface area (Å²) in [5, 5.41) is 13.1. The second-order valence-corrected chi connectivity index (χ2v) is 6.27. The Hall–Kier alpha value is -1.39. The minimum absolute atomic E-state index is 0.100. The molecule has 0 radical (unpaired) electrons. The largest absolute Gasteiger partial charge is 0.481 e. The average Bonchev–Trinajstić information content (AvgIpc) is 2.81. The van der Waals surface area contributed by atoms with Crippen LogP contribution in [-0.4, -0.2) is 21.2 Å². The highest BCUT2D eigenvalue weighted by Gasteiger charge is 2.37. The Morgan fingerprint density at radius 2 is 2.17 bits per heavy atom. The van der Waals surface area contributed by atoms with Gasteiger partial charge in [-0.3, -0.25) is 4.79 Å². The van der Waals surface area contributed by atoms with Gasteiger partial charge in [-0.05, 0) is 18.3 Å². The number of nitrogens with zero attached hydrogens (tertiary/aromatic N) is 2. The molecule has 0 bridgehead atoms. The summed E-state index contributed by atoms with van der Waals surface area (Å²) in [6, 6.07) is 0. The van der Waals surface area contributed by atoms with E-state index in [0.29, 0.717) is 18.1 Å². The van der Waals surface area contributed by atoms with Crippen LogP contribution in [0, 0.1) is 11.3 Å². The molecule has 1 fully saturated rings. The molecule has 1 saturated carbocycles. The van der Waals surface area contributed by atoms with Crippen molar-refractivity contribution in [1.82, 2.24) is 10.1 Å². The number of carbonyl (C=O) groups is 1. The molecule has 1 aromatic rings. The third-order valence-electron chi connectivity index (χ3n) is 3.32. The van der Waals surface area contributed by atoms with E-state index in [2.05, 4.69) is 30.9 Å². The Kier molecular flexibility index (Phi) is 3.41. The molecule has 1 aliphatic carbocycles. The normalized spacial score (nSPS) is 24.4. The fraction of sp³-hybridized carbons (Fsp3) is 0.769. The molecule has 100 valence electrons. The topological polar surface area (TPSA) is 76.2 Å². The Morgan fingerprint density at radius 1 is 1.44 bits per heavy atom. The zero-order valence-electron chi connectivity index (χ0n) is 11.1. The lowest BCUT2D eigenvalue weighted by Gasteiger charge is -2.14. The number of hydrogen-bond donors (Lipinski definition) is 1. The molecular weight excluding hydrogens is 232 g/mol. The quantitative estimate of drug-likeness (QED) is 0.894. The van der Waals surface area contributed by atoms with Gasteiger partial charge in [0.25, 0.3) is 0 Å². The molecule has 0 spiro atoms. The first-order chi connectivity index (χ1) is 8.37. The van der Waals surface area contributed by atoms with Gasteiger partial charge in [-0.25, -0.2) is 0 Å². The van der Waals surface area contributed by atoms with Gasteiger partial charge < -0.3 is 9.63 Å². The van der Waals surface area contributed by atoms with E-state index < -0.39 is 5.97 Å². The van der Waals surface area contributed by atoms with Gasteiger partial charge in [0.2, 0.25) is 5.89 Å². The van der Waals surface area contributed by atoms with Gasteiger partial charge in [0, 0.05) is 6.42 Å². The van der Waals surface area contributed by atoms with Crippen LogP contribution in [-0.2, 0) is 11.2 Å². The van der Waals surface area contributed by atoms with E-state index in [4.69, 9.17) is 9.63 Å². The molecule has 5 heteroatoms. The lowest BCUT2D eigenvalue weighted by molar-refractivity contribution is -0.142. The number of carboxylic acid groups (broad SMARTS) is 1. The highest BCUT2D eigenvalue weighted by Crippen LogP contribution is 2.39. The van der Waals surface area contributed by atoms with E-state index in [1.54, 1.807) is 0 Å². The second-order valence-electron chi connectivity index (χ2n) is 6.27. The summed E-state index contributed by atoms with van der Waals surface area (Å²) in [6.07, 6.45) is 3.19. The minimum atomic E-state index is -0.756. The van der Waals surface area contributed by atoms with Crippen molar-refractivity contribution in [1.29, 1.82) is 0 Å². The Morgan fingerprint density at radius 3 is 2.78 bits per heavy atom. The van der Waals surface area contributed by atoms with E-state index >= 15 is 0 Å². The molecule has 2 atom stereocenters. The molecule has 0 aliphatic heterocycles. The maximum atomic E-state index is 11.1. The highest BCUT2D eigenvalue weighted by molar-refractivity contribution is 5.71. The standard InChI is InChI=1S/C13H20N2O3/c1-13(2,3)7-10-14-11(18-15-10)8-5-4-6-9(8)12(16)17/h8-9H,4-7H2,1-3H3,(H,16,17). The van der Waals surface area contributed by atoms with E-state index in [1.165, 1.54) is 0 Å². The summed E-state index contributed by atoms with van der Waals surface area (Å²) in [7, 11) is 0. The summed E-state index contributed by atoms with van der Waals surface area (Å²) in [4.78, 5) is 15.5. The van der Waals surface area contributed by atoms with Crippen molar-refractivity contribution in [3.05, 3.63) is 11.7 Å². The van der Waals surface area contributed by atoms with Gasteiger partial charge in [0.05, 0.1) is 11.8 Å². The fourth-order valence-corrected chi connectivity index (χ4v) is 2.52. The van der Waals surface area contributed by atoms with Crippen molar-refractivity contribution in [2.75, 3.05) is 0 Å². The maximum Gasteiger partial charge on any atom is 0.307 e. The van der Waals surface area contributed by atoms with Crippen LogP contribution in [0.15, 0.2) is 4.52 Å². The Bertz CT molecular complexity index is 434. The van der Waals surface area contributed by atoms with Gasteiger partial charge in [-0.2, -0.15) is 4.98 Å². The first-order valence-corrected chi connectivity index (χ1v) is 6.42. The summed E-state index contributed by atoms with van der Waals surface area (Å²) in [5.74, 6) is -0.0579. The molecule has 0 amide bonds. The van der Waals surface area contributed by atoms with Crippen LogP contribution in [0.2, 0.25) is 0 Å². The maximum absolute atomic E-state index is 11.1. The second kappa shape index (κ2) is 4.71. The molecule has 2 rings (SSSR count). The molecule has 18 heavy (non-hydrogen) atoms. The predicted molar refractivity (Wildman–Crippen MR) is 65.2 cm³/mol. The summed E-state index contributed by atoms with van der Waals surface area (Å²) in [5.41, 5.74) is 0.100. The van der Waals surface area contributed by atoms with Crippen LogP contribution < -0.4 is 0 Å². The van der Waals surface area contributed by atoms with Gasteiger partial charge in [-0.1, -0.05) is 32.3 Å². The van der Waals surface area contributed by atoms with E-state index in [1.807, 2.05) is 0 Å². The third kappa shape index (κ3) is 2.89. The first-order valence-electron chi connectivity index (χ1n) is 6.42. The van der Waals surface area contributed by atoms with E-state index in [0.717, 1.165) is 19.3 Å². The SMILES string of the molecule is CC(C)(C)Cc1noc(C2CCCC2C(=O)O)n1. The number of hydrogen-bond acceptors (Lipinski definition) is 4. The Labute approximate surface area is 107 Å². The van der Waals surface area contributed by atoms with Crippen molar-refractivity contribution in [2.24, 2.45) is 11.3 Å². The molecule has 0 saturated heterocycles. The van der Waals surface area contributed by atoms with Crippen LogP contribution in [0.4, 0.5) is 0 Å². The number of carboxylic acids is 1. The Balaban J connectivity index is 2.12. The van der Waals surface area contributed by atoms with Crippen LogP contribution in [0.5, 0.6) is 0 Å². The van der Waals surface area contributed by atoms with Crippen molar-refractivity contribution in [3.8, 4) is 0 Å². The third-order valence-corrected chi connectivity index (χ3v) is 3.32. The predicted octanol–water partition coefficient (Wildman–Crippen LogP) is 2.63. The average molecular weight is 252 g/mol. The summed E-state index contributed by atoms with van der Waals surface area (Å²) < 4.78 is 5.25. The molecule has 2 unspecified atom stereocenters. The molecule has 1 aromatic heterocycles. The van der Waals surface area contributed by atoms with E-state index in [-0.39, 0.29) is 17.3 Å². The molecule has 5 nitrogen and oxygen atoms in total. The molecule has 0 aromatic carbocycles. The van der Waals surface area contributed by atoms with Crippen molar-refractivity contribution >= 4 is 5.97 Å². The monoisotopic (exact) mass is 252 g/mol. The van der Waals surface area contributed by atoms with Crippen molar-refractivity contribution < 1.29 is 14.4 Å². The number of rotatable bonds is 3. The van der Waals surface area contributed by atoms with Crippen molar-refractivity contribution in [3.63, 3.8) is 0 Å². The lowest BCUT2D eigenvalue weighted by atomic mass is 9.92. The van der Waals surface area contributed by atoms with Crippen molar-refractivity contribution in [2.45, 2.75) is 52.4 Å². The number of aromatic nitrogens is 2. The van der Waals surface area contributed by atoms with Crippen LogP contribution in [0.25, 0.3) is 0 Å². The zero-order valence-corrected chi connectivity index (χ0v) is 11.1. The molecule has 1 N–H and O–H groups in total. The highest BCUT2D eigenvalue weighted by atomic mass is 16.5. The zero-order chi connectivity index (χ0) is 13.3. The first kappa shape index (κ1) is 13.1. The summed E-state index contributed by atoms with van der Waals surface area (Å²) in [6.45, 7) is 6.33. The number of aliphatic carboxylic acids is 1. The summed E-state index contributed by atoms with van der Waals surface area (Å²) >= 11 is 0. The van der Waals surface area contributed by atoms with Gasteiger partial charge in [-0.15, -0.1) is 0 Å². The van der Waals surface area contributed by atoms with Crippen LogP contribution >= 0.6 is 0 Å². The fourth-order valence-electron chi connectivity index (χ4n) is 2.52. The minimum Gasteiger partial charge on any atom is -0.481 e. The van der Waals surface area contributed by atoms with Gasteiger partial charge in [0.15, 0.2) is 5.82 Å². The molecular formula is C13H20N2O3. The van der Waals surface area contributed by atoms with E-state index in [9.17, 15) is 4.79 Å². The smallest absolute Gasteiger partial charge is 0.307 e. The molecule has 1 aliphatic rings. The molecule has 1 heterocycles. The van der Waals surface area contributed by atoms with Gasteiger partial charge in [0.1, 0.15) is 0 Å². The lowest BCUT2D eigenvalue weighted by Crippen LogP contribution is -2.17. The van der Waals surface area contributed by atoms with Crippen LogP contribution in [0.3, 0.4) is 0 Å². The van der Waals surface area contributed by atoms with Crippen LogP contribution in [0.1, 0.15) is 57.7 Å². The van der Waals surface area contributed by atoms with Gasteiger partial charge >= 0.3 is 5.97 Å².